The topological polar surface area (TPSA) is 64.0 Å². The minimum Gasteiger partial charge on any atom is -0.316 e. The van der Waals surface area contributed by atoms with Crippen molar-refractivity contribution in [3.05, 3.63) is 36.0 Å². The lowest BCUT2D eigenvalue weighted by Crippen LogP contribution is -2.05. The van der Waals surface area contributed by atoms with Gasteiger partial charge in [-0.3, -0.25) is 4.68 Å². The molecule has 1 aromatic carbocycles. The Labute approximate surface area is 113 Å². The summed E-state index contributed by atoms with van der Waals surface area (Å²) in [7, 11) is 0.592. The lowest BCUT2D eigenvalue weighted by Gasteiger charge is -2.03. The number of rotatable bonds is 4. The Balaban J connectivity index is 2.42. The molecule has 1 heterocycles. The van der Waals surface area contributed by atoms with Gasteiger partial charge in [-0.1, -0.05) is 12.1 Å². The minimum absolute atomic E-state index is 0.322. The number of hydrogen-bond acceptors (Lipinski definition) is 4. The van der Waals surface area contributed by atoms with Gasteiger partial charge >= 0.3 is 0 Å². The summed E-state index contributed by atoms with van der Waals surface area (Å²) in [5.41, 5.74) is 2.87. The van der Waals surface area contributed by atoms with Crippen molar-refractivity contribution in [3.63, 3.8) is 0 Å². The van der Waals surface area contributed by atoms with Crippen LogP contribution < -0.4 is 5.32 Å². The molecule has 1 aromatic heterocycles. The Morgan fingerprint density at radius 3 is 2.42 bits per heavy atom. The first-order chi connectivity index (χ1) is 8.91. The smallest absolute Gasteiger partial charge is 0.175 e. The fraction of sp³-hybridized carbons (Fsp3) is 0.308. The zero-order valence-electron chi connectivity index (χ0n) is 11.2. The SMILES string of the molecule is CNCc1cn(C)nc1-c1ccc(S(C)(=O)=O)cc1. The van der Waals surface area contributed by atoms with E-state index in [0.29, 0.717) is 4.90 Å². The molecule has 102 valence electrons. The molecule has 0 saturated heterocycles. The summed E-state index contributed by atoms with van der Waals surface area (Å²) in [6.45, 7) is 0.719. The van der Waals surface area contributed by atoms with Crippen LogP contribution >= 0.6 is 0 Å². The molecule has 0 bridgehead atoms. The summed E-state index contributed by atoms with van der Waals surface area (Å²) in [5.74, 6) is 0. The molecule has 0 radical (unpaired) electrons. The first kappa shape index (κ1) is 13.8. The van der Waals surface area contributed by atoms with Crippen molar-refractivity contribution in [1.82, 2.24) is 15.1 Å². The van der Waals surface area contributed by atoms with Gasteiger partial charge in [-0.25, -0.2) is 8.42 Å². The van der Waals surface area contributed by atoms with Crippen molar-refractivity contribution in [2.45, 2.75) is 11.4 Å². The number of benzene rings is 1. The molecule has 0 unspecified atom stereocenters. The summed E-state index contributed by atoms with van der Waals surface area (Å²) >= 11 is 0. The molecule has 2 rings (SSSR count). The number of hydrogen-bond donors (Lipinski definition) is 1. The third kappa shape index (κ3) is 3.02. The molecule has 19 heavy (non-hydrogen) atoms. The molecule has 0 fully saturated rings. The number of aromatic nitrogens is 2. The largest absolute Gasteiger partial charge is 0.316 e. The predicted octanol–water partition coefficient (Wildman–Crippen LogP) is 1.21. The van der Waals surface area contributed by atoms with E-state index >= 15 is 0 Å². The van der Waals surface area contributed by atoms with Crippen molar-refractivity contribution in [2.24, 2.45) is 7.05 Å². The Morgan fingerprint density at radius 1 is 1.26 bits per heavy atom. The van der Waals surface area contributed by atoms with Crippen LogP contribution in [0, 0.1) is 0 Å². The van der Waals surface area contributed by atoms with Crippen molar-refractivity contribution in [2.75, 3.05) is 13.3 Å². The highest BCUT2D eigenvalue weighted by molar-refractivity contribution is 7.90. The van der Waals surface area contributed by atoms with Crippen LogP contribution in [0.2, 0.25) is 0 Å². The minimum atomic E-state index is -3.15. The highest BCUT2D eigenvalue weighted by Crippen LogP contribution is 2.23. The maximum Gasteiger partial charge on any atom is 0.175 e. The highest BCUT2D eigenvalue weighted by atomic mass is 32.2. The van der Waals surface area contributed by atoms with Gasteiger partial charge in [0.2, 0.25) is 0 Å². The first-order valence-electron chi connectivity index (χ1n) is 5.89. The molecule has 0 aliphatic rings. The molecule has 5 nitrogen and oxygen atoms in total. The van der Waals surface area contributed by atoms with E-state index in [1.54, 1.807) is 28.9 Å². The standard InChI is InChI=1S/C13H17N3O2S/c1-14-8-11-9-16(2)15-13(11)10-4-6-12(7-5-10)19(3,17)18/h4-7,9,14H,8H2,1-3H3. The second-order valence-corrected chi connectivity index (χ2v) is 6.52. The van der Waals surface area contributed by atoms with E-state index in [2.05, 4.69) is 10.4 Å². The van der Waals surface area contributed by atoms with E-state index in [0.717, 1.165) is 23.4 Å². The molecular weight excluding hydrogens is 262 g/mol. The Hall–Kier alpha value is -1.66. The molecule has 0 aliphatic heterocycles. The van der Waals surface area contributed by atoms with Crippen LogP contribution in [0.5, 0.6) is 0 Å². The van der Waals surface area contributed by atoms with Gasteiger partial charge < -0.3 is 5.32 Å². The van der Waals surface area contributed by atoms with Gasteiger partial charge in [0.15, 0.2) is 9.84 Å². The molecule has 0 aliphatic carbocycles. The van der Waals surface area contributed by atoms with Gasteiger partial charge in [0.25, 0.3) is 0 Å². The van der Waals surface area contributed by atoms with Gasteiger partial charge in [0.1, 0.15) is 0 Å². The molecular formula is C13H17N3O2S. The third-order valence-electron chi connectivity index (χ3n) is 2.83. The Bertz CT molecular complexity index is 672. The van der Waals surface area contributed by atoms with E-state index in [4.69, 9.17) is 0 Å². The van der Waals surface area contributed by atoms with Gasteiger partial charge in [0.05, 0.1) is 10.6 Å². The predicted molar refractivity (Wildman–Crippen MR) is 74.5 cm³/mol. The average molecular weight is 279 g/mol. The molecule has 1 N–H and O–H groups in total. The maximum absolute atomic E-state index is 11.4. The number of sulfone groups is 1. The van der Waals surface area contributed by atoms with Crippen molar-refractivity contribution in [1.29, 1.82) is 0 Å². The van der Waals surface area contributed by atoms with Crippen LogP contribution in [0.25, 0.3) is 11.3 Å². The maximum atomic E-state index is 11.4. The fourth-order valence-electron chi connectivity index (χ4n) is 1.96. The average Bonchev–Trinajstić information content (AvgIpc) is 2.70. The first-order valence-corrected chi connectivity index (χ1v) is 7.78. The number of nitrogens with zero attached hydrogens (tertiary/aromatic N) is 2. The zero-order valence-corrected chi connectivity index (χ0v) is 12.0. The van der Waals surface area contributed by atoms with Crippen LogP contribution in [-0.4, -0.2) is 31.5 Å². The normalized spacial score (nSPS) is 11.7. The van der Waals surface area contributed by atoms with E-state index in [9.17, 15) is 8.42 Å². The third-order valence-corrected chi connectivity index (χ3v) is 3.96. The summed E-state index contributed by atoms with van der Waals surface area (Å²) in [6, 6.07) is 6.81. The summed E-state index contributed by atoms with van der Waals surface area (Å²) < 4.78 is 24.6. The second kappa shape index (κ2) is 5.14. The number of aryl methyl sites for hydroxylation is 1. The number of nitrogens with one attached hydrogen (secondary N) is 1. The summed E-state index contributed by atoms with van der Waals surface area (Å²) in [4.78, 5) is 0.322. The van der Waals surface area contributed by atoms with Gasteiger partial charge in [0, 0.05) is 37.2 Å². The van der Waals surface area contributed by atoms with E-state index in [1.165, 1.54) is 6.26 Å². The zero-order chi connectivity index (χ0) is 14.0. The van der Waals surface area contributed by atoms with E-state index < -0.39 is 9.84 Å². The van der Waals surface area contributed by atoms with Crippen molar-refractivity contribution >= 4 is 9.84 Å². The lowest BCUT2D eigenvalue weighted by molar-refractivity contribution is 0.602. The molecule has 6 heteroatoms. The second-order valence-electron chi connectivity index (χ2n) is 4.50. The molecule has 0 amide bonds. The van der Waals surface area contributed by atoms with Crippen LogP contribution in [0.1, 0.15) is 5.56 Å². The molecule has 0 spiro atoms. The molecule has 2 aromatic rings. The lowest BCUT2D eigenvalue weighted by atomic mass is 10.1. The van der Waals surface area contributed by atoms with Crippen LogP contribution in [0.4, 0.5) is 0 Å². The Morgan fingerprint density at radius 2 is 1.89 bits per heavy atom. The van der Waals surface area contributed by atoms with Gasteiger partial charge in [-0.2, -0.15) is 5.10 Å². The molecule has 0 saturated carbocycles. The van der Waals surface area contributed by atoms with E-state index in [-0.39, 0.29) is 0 Å². The highest BCUT2D eigenvalue weighted by Gasteiger charge is 2.11. The van der Waals surface area contributed by atoms with Crippen molar-refractivity contribution < 1.29 is 8.42 Å². The fourth-order valence-corrected chi connectivity index (χ4v) is 2.59. The van der Waals surface area contributed by atoms with Crippen LogP contribution in [-0.2, 0) is 23.4 Å². The molecule has 0 atom stereocenters. The van der Waals surface area contributed by atoms with Gasteiger partial charge in [-0.05, 0) is 19.2 Å². The van der Waals surface area contributed by atoms with Crippen molar-refractivity contribution in [3.8, 4) is 11.3 Å². The van der Waals surface area contributed by atoms with Crippen LogP contribution in [0.15, 0.2) is 35.4 Å². The van der Waals surface area contributed by atoms with E-state index in [1.807, 2.05) is 20.3 Å². The Kier molecular flexibility index (Phi) is 3.73. The monoisotopic (exact) mass is 279 g/mol. The summed E-state index contributed by atoms with van der Waals surface area (Å²) in [6.07, 6.45) is 3.16. The summed E-state index contributed by atoms with van der Waals surface area (Å²) in [5, 5.41) is 7.51. The quantitative estimate of drug-likeness (QED) is 0.913. The van der Waals surface area contributed by atoms with Gasteiger partial charge in [-0.15, -0.1) is 0 Å². The van der Waals surface area contributed by atoms with Crippen LogP contribution in [0.3, 0.4) is 0 Å².